The quantitative estimate of drug-likeness (QED) is 0.849. The van der Waals surface area contributed by atoms with Crippen LogP contribution in [0, 0.1) is 0 Å². The summed E-state index contributed by atoms with van der Waals surface area (Å²) in [6, 6.07) is 13.1. The number of para-hydroxylation sites is 1. The molecular formula is C16H16N2O4S. The van der Waals surface area contributed by atoms with Gasteiger partial charge in [-0.3, -0.25) is 9.52 Å². The van der Waals surface area contributed by atoms with Gasteiger partial charge in [-0.25, -0.2) is 8.42 Å². The normalized spacial score (nSPS) is 14.3. The van der Waals surface area contributed by atoms with E-state index >= 15 is 0 Å². The SMILES string of the molecule is NC(=O)c1ccccc1Oc1ccc(NS(=O)(=O)C2CC2)cc1. The summed E-state index contributed by atoms with van der Waals surface area (Å²) in [5.74, 6) is 0.258. The summed E-state index contributed by atoms with van der Waals surface area (Å²) in [7, 11) is -3.28. The largest absolute Gasteiger partial charge is 0.457 e. The Kier molecular flexibility index (Phi) is 3.96. The van der Waals surface area contributed by atoms with Gasteiger partial charge in [0, 0.05) is 5.69 Å². The van der Waals surface area contributed by atoms with E-state index < -0.39 is 15.9 Å². The molecule has 0 aromatic heterocycles. The maximum absolute atomic E-state index is 11.9. The van der Waals surface area contributed by atoms with E-state index in [9.17, 15) is 13.2 Å². The molecule has 0 radical (unpaired) electrons. The lowest BCUT2D eigenvalue weighted by molar-refractivity contribution is 0.0998. The molecule has 23 heavy (non-hydrogen) atoms. The lowest BCUT2D eigenvalue weighted by Crippen LogP contribution is -2.17. The summed E-state index contributed by atoms with van der Waals surface area (Å²) >= 11 is 0. The van der Waals surface area contributed by atoms with Gasteiger partial charge in [0.15, 0.2) is 0 Å². The number of carbonyl (C=O) groups is 1. The molecular weight excluding hydrogens is 316 g/mol. The fourth-order valence-corrected chi connectivity index (χ4v) is 3.49. The van der Waals surface area contributed by atoms with E-state index in [0.717, 1.165) is 0 Å². The molecule has 0 unspecified atom stereocenters. The van der Waals surface area contributed by atoms with E-state index in [1.807, 2.05) is 0 Å². The number of hydrogen-bond donors (Lipinski definition) is 2. The average Bonchev–Trinajstić information content (AvgIpc) is 3.34. The molecule has 1 aliphatic rings. The lowest BCUT2D eigenvalue weighted by atomic mass is 10.2. The molecule has 7 heteroatoms. The summed E-state index contributed by atoms with van der Waals surface area (Å²) < 4.78 is 31.9. The molecule has 0 heterocycles. The number of primary amides is 1. The summed E-state index contributed by atoms with van der Waals surface area (Å²) in [5.41, 5.74) is 6.06. The summed E-state index contributed by atoms with van der Waals surface area (Å²) in [5, 5.41) is -0.277. The van der Waals surface area contributed by atoms with Gasteiger partial charge in [0.25, 0.3) is 5.91 Å². The third kappa shape index (κ3) is 3.62. The number of carbonyl (C=O) groups excluding carboxylic acids is 1. The Morgan fingerprint density at radius 1 is 1.09 bits per heavy atom. The van der Waals surface area contributed by atoms with Crippen LogP contribution in [0.1, 0.15) is 23.2 Å². The monoisotopic (exact) mass is 332 g/mol. The predicted octanol–water partition coefficient (Wildman–Crippen LogP) is 2.48. The molecule has 1 fully saturated rings. The molecule has 2 aromatic carbocycles. The Hall–Kier alpha value is -2.54. The Morgan fingerprint density at radius 3 is 2.35 bits per heavy atom. The second-order valence-electron chi connectivity index (χ2n) is 5.33. The van der Waals surface area contributed by atoms with Crippen LogP contribution in [0.25, 0.3) is 0 Å². The van der Waals surface area contributed by atoms with Crippen LogP contribution in [0.15, 0.2) is 48.5 Å². The van der Waals surface area contributed by atoms with Gasteiger partial charge in [0.2, 0.25) is 10.0 Å². The summed E-state index contributed by atoms with van der Waals surface area (Å²) in [4.78, 5) is 11.4. The maximum atomic E-state index is 11.9. The van der Waals surface area contributed by atoms with Gasteiger partial charge in [-0.2, -0.15) is 0 Å². The van der Waals surface area contributed by atoms with Gasteiger partial charge in [-0.1, -0.05) is 12.1 Å². The minimum Gasteiger partial charge on any atom is -0.457 e. The number of amides is 1. The second-order valence-corrected chi connectivity index (χ2v) is 7.29. The third-order valence-corrected chi connectivity index (χ3v) is 5.33. The van der Waals surface area contributed by atoms with Gasteiger partial charge in [-0.15, -0.1) is 0 Å². The fourth-order valence-electron chi connectivity index (χ4n) is 2.10. The number of rotatable bonds is 6. The van der Waals surface area contributed by atoms with Crippen molar-refractivity contribution in [3.63, 3.8) is 0 Å². The third-order valence-electron chi connectivity index (χ3n) is 3.46. The maximum Gasteiger partial charge on any atom is 0.252 e. The molecule has 1 amide bonds. The first-order chi connectivity index (χ1) is 11.0. The first-order valence-electron chi connectivity index (χ1n) is 7.14. The molecule has 0 atom stereocenters. The number of anilines is 1. The number of benzene rings is 2. The van der Waals surface area contributed by atoms with E-state index in [-0.39, 0.29) is 10.8 Å². The molecule has 2 aromatic rings. The molecule has 0 bridgehead atoms. The van der Waals surface area contributed by atoms with E-state index in [2.05, 4.69) is 4.72 Å². The van der Waals surface area contributed by atoms with Crippen LogP contribution in [0.4, 0.5) is 5.69 Å². The van der Waals surface area contributed by atoms with Gasteiger partial charge < -0.3 is 10.5 Å². The van der Waals surface area contributed by atoms with Crippen LogP contribution in [0.2, 0.25) is 0 Å². The molecule has 6 nitrogen and oxygen atoms in total. The molecule has 1 saturated carbocycles. The number of sulfonamides is 1. The zero-order valence-electron chi connectivity index (χ0n) is 12.2. The zero-order chi connectivity index (χ0) is 16.4. The van der Waals surface area contributed by atoms with Crippen molar-refractivity contribution in [2.45, 2.75) is 18.1 Å². The van der Waals surface area contributed by atoms with Crippen molar-refractivity contribution in [1.29, 1.82) is 0 Å². The van der Waals surface area contributed by atoms with Crippen LogP contribution in [0.5, 0.6) is 11.5 Å². The van der Waals surface area contributed by atoms with E-state index in [1.54, 1.807) is 48.5 Å². The standard InChI is InChI=1S/C16H16N2O4S/c17-16(19)14-3-1-2-4-15(14)22-12-7-5-11(6-8-12)18-23(20,21)13-9-10-13/h1-8,13,18H,9-10H2,(H2,17,19). The van der Waals surface area contributed by atoms with Crippen molar-refractivity contribution in [2.24, 2.45) is 5.73 Å². The minimum absolute atomic E-state index is 0.277. The molecule has 120 valence electrons. The Bertz CT molecular complexity index is 827. The Labute approximate surface area is 134 Å². The lowest BCUT2D eigenvalue weighted by Gasteiger charge is -2.10. The smallest absolute Gasteiger partial charge is 0.252 e. The van der Waals surface area contributed by atoms with E-state index in [1.165, 1.54) is 0 Å². The molecule has 1 aliphatic carbocycles. The predicted molar refractivity (Wildman–Crippen MR) is 87.0 cm³/mol. The van der Waals surface area contributed by atoms with Crippen LogP contribution in [-0.2, 0) is 10.0 Å². The first kappa shape index (κ1) is 15.4. The fraction of sp³-hybridized carbons (Fsp3) is 0.188. The van der Waals surface area contributed by atoms with Crippen molar-refractivity contribution in [3.8, 4) is 11.5 Å². The number of ether oxygens (including phenoxy) is 1. The highest BCUT2D eigenvalue weighted by Gasteiger charge is 2.35. The first-order valence-corrected chi connectivity index (χ1v) is 8.69. The number of nitrogens with one attached hydrogen (secondary N) is 1. The van der Waals surface area contributed by atoms with Crippen molar-refractivity contribution < 1.29 is 17.9 Å². The van der Waals surface area contributed by atoms with Crippen molar-refractivity contribution >= 4 is 21.6 Å². The molecule has 3 N–H and O–H groups in total. The Morgan fingerprint density at radius 2 is 1.74 bits per heavy atom. The second kappa shape index (κ2) is 5.92. The molecule has 3 rings (SSSR count). The van der Waals surface area contributed by atoms with Crippen molar-refractivity contribution in [3.05, 3.63) is 54.1 Å². The van der Waals surface area contributed by atoms with Crippen molar-refractivity contribution in [1.82, 2.24) is 0 Å². The molecule has 0 aliphatic heterocycles. The molecule has 0 spiro atoms. The van der Waals surface area contributed by atoms with Gasteiger partial charge in [-0.05, 0) is 49.2 Å². The number of nitrogens with two attached hydrogens (primary N) is 1. The number of hydrogen-bond acceptors (Lipinski definition) is 4. The average molecular weight is 332 g/mol. The van der Waals surface area contributed by atoms with Gasteiger partial charge in [0.1, 0.15) is 11.5 Å². The van der Waals surface area contributed by atoms with Crippen LogP contribution in [-0.4, -0.2) is 19.6 Å². The summed E-state index contributed by atoms with van der Waals surface area (Å²) in [6.45, 7) is 0. The van der Waals surface area contributed by atoms with Crippen molar-refractivity contribution in [2.75, 3.05) is 4.72 Å². The minimum atomic E-state index is -3.28. The van der Waals surface area contributed by atoms with Gasteiger partial charge in [0.05, 0.1) is 10.8 Å². The summed E-state index contributed by atoms with van der Waals surface area (Å²) in [6.07, 6.45) is 1.42. The van der Waals surface area contributed by atoms with Crippen LogP contribution in [0.3, 0.4) is 0 Å². The topological polar surface area (TPSA) is 98.5 Å². The highest BCUT2D eigenvalue weighted by molar-refractivity contribution is 7.93. The highest BCUT2D eigenvalue weighted by atomic mass is 32.2. The Balaban J connectivity index is 1.74. The molecule has 0 saturated heterocycles. The van der Waals surface area contributed by atoms with Crippen LogP contribution >= 0.6 is 0 Å². The highest BCUT2D eigenvalue weighted by Crippen LogP contribution is 2.31. The van der Waals surface area contributed by atoms with E-state index in [0.29, 0.717) is 30.0 Å². The van der Waals surface area contributed by atoms with Gasteiger partial charge >= 0.3 is 0 Å². The zero-order valence-corrected chi connectivity index (χ0v) is 13.0. The van der Waals surface area contributed by atoms with Crippen LogP contribution < -0.4 is 15.2 Å². The van der Waals surface area contributed by atoms with E-state index in [4.69, 9.17) is 10.5 Å².